The zero-order valence-electron chi connectivity index (χ0n) is 10.5. The van der Waals surface area contributed by atoms with Gasteiger partial charge in [-0.2, -0.15) is 0 Å². The first-order chi connectivity index (χ1) is 7.68. The average Bonchev–Trinajstić information content (AvgIpc) is 2.64. The summed E-state index contributed by atoms with van der Waals surface area (Å²) in [5, 5.41) is 3.46. The standard InChI is InChI=1S/C12H22N4/c1-10-8-13-9-11(2)16(10)6-4-12-14-5-7-15(12)3/h5,7,10-11,13H,4,6,8-9H2,1-3H3. The molecular formula is C12H22N4. The first-order valence-corrected chi connectivity index (χ1v) is 6.11. The molecule has 1 fully saturated rings. The van der Waals surface area contributed by atoms with Gasteiger partial charge in [0.15, 0.2) is 0 Å². The lowest BCUT2D eigenvalue weighted by molar-refractivity contribution is 0.118. The fourth-order valence-electron chi connectivity index (χ4n) is 2.48. The van der Waals surface area contributed by atoms with Crippen LogP contribution in [0.2, 0.25) is 0 Å². The van der Waals surface area contributed by atoms with Gasteiger partial charge in [-0.3, -0.25) is 4.90 Å². The summed E-state index contributed by atoms with van der Waals surface area (Å²) >= 11 is 0. The highest BCUT2D eigenvalue weighted by atomic mass is 15.2. The van der Waals surface area contributed by atoms with E-state index in [0.717, 1.165) is 26.1 Å². The Balaban J connectivity index is 1.91. The molecule has 0 aliphatic carbocycles. The predicted molar refractivity (Wildman–Crippen MR) is 65.4 cm³/mol. The number of aromatic nitrogens is 2. The van der Waals surface area contributed by atoms with Crippen LogP contribution in [0.25, 0.3) is 0 Å². The SMILES string of the molecule is CC1CNCC(C)N1CCc1nccn1C. The lowest BCUT2D eigenvalue weighted by atomic mass is 10.1. The Labute approximate surface area is 97.7 Å². The van der Waals surface area contributed by atoms with Gasteiger partial charge in [-0.05, 0) is 13.8 Å². The molecule has 0 spiro atoms. The van der Waals surface area contributed by atoms with Gasteiger partial charge < -0.3 is 9.88 Å². The van der Waals surface area contributed by atoms with Gasteiger partial charge in [0.05, 0.1) is 0 Å². The molecule has 0 saturated carbocycles. The Morgan fingerprint density at radius 3 is 2.62 bits per heavy atom. The minimum atomic E-state index is 0.629. The molecule has 0 radical (unpaired) electrons. The first kappa shape index (κ1) is 11.6. The fourth-order valence-corrected chi connectivity index (χ4v) is 2.48. The molecule has 0 aromatic carbocycles. The van der Waals surface area contributed by atoms with Crippen LogP contribution in [0.4, 0.5) is 0 Å². The quantitative estimate of drug-likeness (QED) is 0.815. The van der Waals surface area contributed by atoms with Crippen molar-refractivity contribution in [2.24, 2.45) is 7.05 Å². The van der Waals surface area contributed by atoms with E-state index in [1.807, 2.05) is 12.4 Å². The molecule has 2 rings (SSSR count). The van der Waals surface area contributed by atoms with Gasteiger partial charge in [0.25, 0.3) is 0 Å². The number of aryl methyl sites for hydroxylation is 1. The highest BCUT2D eigenvalue weighted by Gasteiger charge is 2.23. The molecule has 1 aromatic rings. The van der Waals surface area contributed by atoms with Gasteiger partial charge in [0.1, 0.15) is 5.82 Å². The maximum atomic E-state index is 4.37. The van der Waals surface area contributed by atoms with Crippen LogP contribution < -0.4 is 5.32 Å². The maximum absolute atomic E-state index is 4.37. The molecule has 4 heteroatoms. The Bertz CT molecular complexity index is 324. The second-order valence-electron chi connectivity index (χ2n) is 4.80. The van der Waals surface area contributed by atoms with E-state index in [2.05, 4.69) is 40.7 Å². The lowest BCUT2D eigenvalue weighted by Crippen LogP contribution is -2.55. The second-order valence-corrected chi connectivity index (χ2v) is 4.80. The number of imidazole rings is 1. The molecule has 16 heavy (non-hydrogen) atoms. The molecule has 90 valence electrons. The number of piperazine rings is 1. The molecule has 1 N–H and O–H groups in total. The molecule has 1 aliphatic heterocycles. The van der Waals surface area contributed by atoms with Crippen molar-refractivity contribution in [3.63, 3.8) is 0 Å². The van der Waals surface area contributed by atoms with Gasteiger partial charge in [-0.25, -0.2) is 4.98 Å². The van der Waals surface area contributed by atoms with Crippen molar-refractivity contribution in [3.05, 3.63) is 18.2 Å². The molecule has 1 aromatic heterocycles. The van der Waals surface area contributed by atoms with Crippen LogP contribution in [0.5, 0.6) is 0 Å². The van der Waals surface area contributed by atoms with Crippen molar-refractivity contribution in [2.75, 3.05) is 19.6 Å². The smallest absolute Gasteiger partial charge is 0.109 e. The van der Waals surface area contributed by atoms with Crippen LogP contribution >= 0.6 is 0 Å². The second kappa shape index (κ2) is 4.97. The van der Waals surface area contributed by atoms with E-state index in [4.69, 9.17) is 0 Å². The van der Waals surface area contributed by atoms with Gasteiger partial charge >= 0.3 is 0 Å². The van der Waals surface area contributed by atoms with Gasteiger partial charge in [0.2, 0.25) is 0 Å². The molecule has 0 bridgehead atoms. The monoisotopic (exact) mass is 222 g/mol. The topological polar surface area (TPSA) is 33.1 Å². The molecule has 2 unspecified atom stereocenters. The third-order valence-corrected chi connectivity index (χ3v) is 3.53. The fraction of sp³-hybridized carbons (Fsp3) is 0.750. The summed E-state index contributed by atoms with van der Waals surface area (Å²) < 4.78 is 2.11. The van der Waals surface area contributed by atoms with E-state index >= 15 is 0 Å². The molecule has 1 saturated heterocycles. The highest BCUT2D eigenvalue weighted by molar-refractivity contribution is 4.93. The van der Waals surface area contributed by atoms with E-state index in [9.17, 15) is 0 Å². The Kier molecular flexibility index (Phi) is 3.61. The maximum Gasteiger partial charge on any atom is 0.109 e. The zero-order valence-corrected chi connectivity index (χ0v) is 10.5. The van der Waals surface area contributed by atoms with Crippen LogP contribution in [-0.2, 0) is 13.5 Å². The van der Waals surface area contributed by atoms with Crippen molar-refractivity contribution in [1.82, 2.24) is 19.8 Å². The molecule has 2 atom stereocenters. The molecular weight excluding hydrogens is 200 g/mol. The zero-order chi connectivity index (χ0) is 11.5. The third kappa shape index (κ3) is 2.44. The van der Waals surface area contributed by atoms with Crippen LogP contribution in [0, 0.1) is 0 Å². The number of hydrogen-bond donors (Lipinski definition) is 1. The number of nitrogens with zero attached hydrogens (tertiary/aromatic N) is 3. The minimum absolute atomic E-state index is 0.629. The molecule has 4 nitrogen and oxygen atoms in total. The van der Waals surface area contributed by atoms with E-state index in [0.29, 0.717) is 12.1 Å². The summed E-state index contributed by atoms with van der Waals surface area (Å²) in [5.41, 5.74) is 0. The Morgan fingerprint density at radius 1 is 1.38 bits per heavy atom. The van der Waals surface area contributed by atoms with Crippen molar-refractivity contribution in [3.8, 4) is 0 Å². The van der Waals surface area contributed by atoms with E-state index in [1.165, 1.54) is 5.82 Å². The predicted octanol–water partition coefficient (Wildman–Crippen LogP) is 0.645. The minimum Gasteiger partial charge on any atom is -0.338 e. The summed E-state index contributed by atoms with van der Waals surface area (Å²) in [6.45, 7) is 7.90. The summed E-state index contributed by atoms with van der Waals surface area (Å²) in [4.78, 5) is 6.95. The van der Waals surface area contributed by atoms with Crippen LogP contribution in [0.15, 0.2) is 12.4 Å². The third-order valence-electron chi connectivity index (χ3n) is 3.53. The lowest BCUT2D eigenvalue weighted by Gasteiger charge is -2.39. The summed E-state index contributed by atoms with van der Waals surface area (Å²) in [5.74, 6) is 1.18. The summed E-state index contributed by atoms with van der Waals surface area (Å²) in [6, 6.07) is 1.26. The largest absolute Gasteiger partial charge is 0.338 e. The number of rotatable bonds is 3. The van der Waals surface area contributed by atoms with Crippen molar-refractivity contribution < 1.29 is 0 Å². The average molecular weight is 222 g/mol. The van der Waals surface area contributed by atoms with Crippen LogP contribution in [0.3, 0.4) is 0 Å². The summed E-state index contributed by atoms with van der Waals surface area (Å²) in [6.07, 6.45) is 4.93. The number of nitrogens with one attached hydrogen (secondary N) is 1. The normalized spacial score (nSPS) is 27.2. The molecule has 1 aliphatic rings. The van der Waals surface area contributed by atoms with Crippen molar-refractivity contribution >= 4 is 0 Å². The van der Waals surface area contributed by atoms with Gasteiger partial charge in [-0.15, -0.1) is 0 Å². The highest BCUT2D eigenvalue weighted by Crippen LogP contribution is 2.10. The first-order valence-electron chi connectivity index (χ1n) is 6.11. The Hall–Kier alpha value is -0.870. The van der Waals surface area contributed by atoms with Crippen molar-refractivity contribution in [2.45, 2.75) is 32.4 Å². The van der Waals surface area contributed by atoms with E-state index in [1.54, 1.807) is 0 Å². The molecule has 0 amide bonds. The molecule has 2 heterocycles. The van der Waals surface area contributed by atoms with E-state index in [-0.39, 0.29) is 0 Å². The van der Waals surface area contributed by atoms with Gasteiger partial charge in [-0.1, -0.05) is 0 Å². The van der Waals surface area contributed by atoms with E-state index < -0.39 is 0 Å². The Morgan fingerprint density at radius 2 is 2.06 bits per heavy atom. The van der Waals surface area contributed by atoms with Crippen LogP contribution in [0.1, 0.15) is 19.7 Å². The number of hydrogen-bond acceptors (Lipinski definition) is 3. The van der Waals surface area contributed by atoms with Gasteiger partial charge in [0, 0.05) is 57.6 Å². The van der Waals surface area contributed by atoms with Crippen molar-refractivity contribution in [1.29, 1.82) is 0 Å². The summed E-state index contributed by atoms with van der Waals surface area (Å²) in [7, 11) is 2.06. The van der Waals surface area contributed by atoms with Crippen LogP contribution in [-0.4, -0.2) is 46.2 Å².